The lowest BCUT2D eigenvalue weighted by molar-refractivity contribution is 0.259. The SMILES string of the molecule is CC[C@H]1CC[C@H](CCc2ccc3c(F)c(-c4cccc(F)c4)ccc3c2)CC1. The summed E-state index contributed by atoms with van der Waals surface area (Å²) in [5.41, 5.74) is 2.31. The summed E-state index contributed by atoms with van der Waals surface area (Å²) in [7, 11) is 0. The highest BCUT2D eigenvalue weighted by Crippen LogP contribution is 2.34. The van der Waals surface area contributed by atoms with E-state index in [0.717, 1.165) is 23.6 Å². The van der Waals surface area contributed by atoms with Gasteiger partial charge in [-0.2, -0.15) is 0 Å². The van der Waals surface area contributed by atoms with Gasteiger partial charge in [-0.05, 0) is 53.3 Å². The third-order valence-electron chi connectivity index (χ3n) is 6.54. The Morgan fingerprint density at radius 2 is 1.64 bits per heavy atom. The van der Waals surface area contributed by atoms with E-state index in [0.29, 0.717) is 16.5 Å². The van der Waals surface area contributed by atoms with Gasteiger partial charge in [-0.1, -0.05) is 81.5 Å². The topological polar surface area (TPSA) is 0 Å². The Kier molecular flexibility index (Phi) is 5.75. The molecule has 0 aromatic heterocycles. The van der Waals surface area contributed by atoms with E-state index in [1.807, 2.05) is 12.1 Å². The number of aryl methyl sites for hydroxylation is 1. The molecule has 0 bridgehead atoms. The molecule has 1 aliphatic rings. The highest BCUT2D eigenvalue weighted by Gasteiger charge is 2.19. The van der Waals surface area contributed by atoms with Crippen LogP contribution in [0.1, 0.15) is 51.0 Å². The molecule has 0 unspecified atom stereocenters. The van der Waals surface area contributed by atoms with Gasteiger partial charge in [0.1, 0.15) is 11.6 Å². The fourth-order valence-corrected chi connectivity index (χ4v) is 4.67. The van der Waals surface area contributed by atoms with E-state index in [2.05, 4.69) is 19.1 Å². The van der Waals surface area contributed by atoms with Crippen LogP contribution in [-0.4, -0.2) is 0 Å². The van der Waals surface area contributed by atoms with Gasteiger partial charge in [-0.25, -0.2) is 8.78 Å². The normalized spacial score (nSPS) is 19.8. The van der Waals surface area contributed by atoms with E-state index in [1.165, 1.54) is 56.2 Å². The van der Waals surface area contributed by atoms with E-state index in [1.54, 1.807) is 18.2 Å². The molecule has 4 rings (SSSR count). The average molecular weight is 379 g/mol. The smallest absolute Gasteiger partial charge is 0.138 e. The molecule has 146 valence electrons. The second-order valence-electron chi connectivity index (χ2n) is 8.33. The number of hydrogen-bond acceptors (Lipinski definition) is 0. The molecule has 1 fully saturated rings. The molecule has 0 spiro atoms. The van der Waals surface area contributed by atoms with E-state index >= 15 is 4.39 Å². The first-order chi connectivity index (χ1) is 13.6. The molecule has 0 saturated heterocycles. The van der Waals surface area contributed by atoms with Crippen molar-refractivity contribution in [2.24, 2.45) is 11.8 Å². The van der Waals surface area contributed by atoms with Crippen LogP contribution in [0.15, 0.2) is 54.6 Å². The second-order valence-corrected chi connectivity index (χ2v) is 8.33. The Morgan fingerprint density at radius 1 is 0.857 bits per heavy atom. The van der Waals surface area contributed by atoms with Crippen molar-refractivity contribution < 1.29 is 8.78 Å². The maximum Gasteiger partial charge on any atom is 0.138 e. The minimum Gasteiger partial charge on any atom is -0.207 e. The van der Waals surface area contributed by atoms with Gasteiger partial charge in [0.05, 0.1) is 0 Å². The lowest BCUT2D eigenvalue weighted by Gasteiger charge is -2.27. The van der Waals surface area contributed by atoms with Gasteiger partial charge in [-0.15, -0.1) is 0 Å². The van der Waals surface area contributed by atoms with Crippen molar-refractivity contribution >= 4 is 10.8 Å². The fraction of sp³-hybridized carbons (Fsp3) is 0.385. The minimum atomic E-state index is -0.347. The van der Waals surface area contributed by atoms with E-state index in [9.17, 15) is 4.39 Å². The third kappa shape index (κ3) is 4.11. The first kappa shape index (κ1) is 19.1. The van der Waals surface area contributed by atoms with Crippen LogP contribution in [0.2, 0.25) is 0 Å². The quantitative estimate of drug-likeness (QED) is 0.423. The highest BCUT2D eigenvalue weighted by molar-refractivity contribution is 5.88. The third-order valence-corrected chi connectivity index (χ3v) is 6.54. The molecule has 0 aliphatic heterocycles. The van der Waals surface area contributed by atoms with E-state index in [-0.39, 0.29) is 11.6 Å². The van der Waals surface area contributed by atoms with E-state index in [4.69, 9.17) is 0 Å². The Hall–Kier alpha value is -2.22. The molecule has 0 amide bonds. The zero-order valence-corrected chi connectivity index (χ0v) is 16.6. The van der Waals surface area contributed by atoms with Gasteiger partial charge >= 0.3 is 0 Å². The number of benzene rings is 3. The summed E-state index contributed by atoms with van der Waals surface area (Å²) in [6, 6.07) is 15.9. The standard InChI is InChI=1S/C26H28F2/c1-2-18-6-8-19(9-7-18)10-11-20-12-14-24-22(16-20)13-15-25(26(24)28)21-4-3-5-23(27)17-21/h3-5,12-19H,2,6-11H2,1H3/t18-,19-. The van der Waals surface area contributed by atoms with E-state index < -0.39 is 0 Å². The van der Waals surface area contributed by atoms with Crippen molar-refractivity contribution in [3.05, 3.63) is 71.8 Å². The Morgan fingerprint density at radius 3 is 2.39 bits per heavy atom. The Balaban J connectivity index is 1.50. The maximum atomic E-state index is 15.0. The largest absolute Gasteiger partial charge is 0.207 e. The molecule has 0 heterocycles. The second kappa shape index (κ2) is 8.43. The zero-order chi connectivity index (χ0) is 19.5. The number of hydrogen-bond donors (Lipinski definition) is 0. The molecule has 0 N–H and O–H groups in total. The van der Waals surface area contributed by atoms with Crippen LogP contribution in [0.3, 0.4) is 0 Å². The summed E-state index contributed by atoms with van der Waals surface area (Å²) in [6.45, 7) is 2.30. The van der Waals surface area contributed by atoms with Crippen molar-refractivity contribution in [2.45, 2.75) is 51.9 Å². The molecule has 28 heavy (non-hydrogen) atoms. The Bertz CT molecular complexity index is 952. The van der Waals surface area contributed by atoms with Gasteiger partial charge in [0.2, 0.25) is 0 Å². The monoisotopic (exact) mass is 378 g/mol. The summed E-state index contributed by atoms with van der Waals surface area (Å²) in [6.07, 6.45) is 9.09. The molecule has 1 saturated carbocycles. The number of fused-ring (bicyclic) bond motifs is 1. The molecular formula is C26H28F2. The predicted molar refractivity (Wildman–Crippen MR) is 113 cm³/mol. The van der Waals surface area contributed by atoms with Crippen molar-refractivity contribution in [3.8, 4) is 11.1 Å². The molecule has 2 heteroatoms. The summed E-state index contributed by atoms with van der Waals surface area (Å²) >= 11 is 0. The molecule has 0 radical (unpaired) electrons. The van der Waals surface area contributed by atoms with Crippen LogP contribution in [0.4, 0.5) is 8.78 Å². The minimum absolute atomic E-state index is 0.271. The average Bonchev–Trinajstić information content (AvgIpc) is 2.73. The maximum absolute atomic E-state index is 15.0. The van der Waals surface area contributed by atoms with Crippen LogP contribution in [0.25, 0.3) is 21.9 Å². The molecule has 3 aromatic rings. The van der Waals surface area contributed by atoms with Gasteiger partial charge < -0.3 is 0 Å². The number of halogens is 2. The van der Waals surface area contributed by atoms with Gasteiger partial charge in [-0.3, -0.25) is 0 Å². The molecule has 0 nitrogen and oxygen atoms in total. The van der Waals surface area contributed by atoms with Crippen molar-refractivity contribution in [3.63, 3.8) is 0 Å². The molecule has 0 atom stereocenters. The van der Waals surface area contributed by atoms with Crippen molar-refractivity contribution in [2.75, 3.05) is 0 Å². The summed E-state index contributed by atoms with van der Waals surface area (Å²) in [5, 5.41) is 1.53. The summed E-state index contributed by atoms with van der Waals surface area (Å²) in [5.74, 6) is 1.16. The van der Waals surface area contributed by atoms with Crippen LogP contribution in [0.5, 0.6) is 0 Å². The Labute approximate surface area is 166 Å². The van der Waals surface area contributed by atoms with Crippen LogP contribution < -0.4 is 0 Å². The van der Waals surface area contributed by atoms with Gasteiger partial charge in [0.25, 0.3) is 0 Å². The first-order valence-electron chi connectivity index (χ1n) is 10.6. The van der Waals surface area contributed by atoms with Crippen LogP contribution in [-0.2, 0) is 6.42 Å². The van der Waals surface area contributed by atoms with Crippen molar-refractivity contribution in [1.82, 2.24) is 0 Å². The lowest BCUT2D eigenvalue weighted by atomic mass is 9.78. The molecular weight excluding hydrogens is 350 g/mol. The molecule has 3 aromatic carbocycles. The van der Waals surface area contributed by atoms with Gasteiger partial charge in [0.15, 0.2) is 0 Å². The fourth-order valence-electron chi connectivity index (χ4n) is 4.67. The van der Waals surface area contributed by atoms with Crippen LogP contribution in [0, 0.1) is 23.5 Å². The van der Waals surface area contributed by atoms with Crippen molar-refractivity contribution in [1.29, 1.82) is 0 Å². The summed E-state index contributed by atoms with van der Waals surface area (Å²) < 4.78 is 28.6. The predicted octanol–water partition coefficient (Wildman–Crippen LogP) is 7.93. The molecule has 1 aliphatic carbocycles. The highest BCUT2D eigenvalue weighted by atomic mass is 19.1. The van der Waals surface area contributed by atoms with Crippen LogP contribution >= 0.6 is 0 Å². The first-order valence-corrected chi connectivity index (χ1v) is 10.6. The summed E-state index contributed by atoms with van der Waals surface area (Å²) in [4.78, 5) is 0. The van der Waals surface area contributed by atoms with Gasteiger partial charge in [0, 0.05) is 10.9 Å². The lowest BCUT2D eigenvalue weighted by Crippen LogP contribution is -2.14. The zero-order valence-electron chi connectivity index (χ0n) is 16.6. The number of rotatable bonds is 5.